The summed E-state index contributed by atoms with van der Waals surface area (Å²) in [6.45, 7) is 0. The molecule has 0 aliphatic rings. The standard InChI is InChI=1S/C10H26N3P/c1-11(2)10(12(3)4,13(5)6)8-7-9-14/h7-9,14H2,1-6H3. The SMILES string of the molecule is CN(C)C(CCCP)(N(C)C)N(C)C. The fraction of sp³-hybridized carbons (Fsp3) is 1.00. The lowest BCUT2D eigenvalue weighted by Crippen LogP contribution is -2.64. The van der Waals surface area contributed by atoms with Gasteiger partial charge in [0.15, 0.2) is 0 Å². The Morgan fingerprint density at radius 2 is 1.21 bits per heavy atom. The van der Waals surface area contributed by atoms with E-state index in [4.69, 9.17) is 0 Å². The van der Waals surface area contributed by atoms with Gasteiger partial charge in [-0.2, -0.15) is 0 Å². The van der Waals surface area contributed by atoms with Crippen LogP contribution in [0.4, 0.5) is 0 Å². The van der Waals surface area contributed by atoms with Crippen LogP contribution in [0.25, 0.3) is 0 Å². The molecule has 0 bridgehead atoms. The van der Waals surface area contributed by atoms with Gasteiger partial charge < -0.3 is 0 Å². The maximum absolute atomic E-state index is 2.80. The first-order chi connectivity index (χ1) is 6.39. The minimum atomic E-state index is 0.0383. The third kappa shape index (κ3) is 2.90. The summed E-state index contributed by atoms with van der Waals surface area (Å²) >= 11 is 0. The van der Waals surface area contributed by atoms with E-state index in [1.54, 1.807) is 0 Å². The van der Waals surface area contributed by atoms with E-state index in [1.807, 2.05) is 0 Å². The Hall–Kier alpha value is 0.310. The zero-order valence-electron chi connectivity index (χ0n) is 10.5. The van der Waals surface area contributed by atoms with Gasteiger partial charge in [-0.25, -0.2) is 0 Å². The summed E-state index contributed by atoms with van der Waals surface area (Å²) < 4.78 is 0. The Balaban J connectivity index is 4.76. The maximum Gasteiger partial charge on any atom is 0.129 e. The van der Waals surface area contributed by atoms with Crippen molar-refractivity contribution in [3.8, 4) is 0 Å². The number of nitrogens with zero attached hydrogens (tertiary/aromatic N) is 3. The third-order valence-electron chi connectivity index (χ3n) is 2.86. The van der Waals surface area contributed by atoms with Crippen molar-refractivity contribution in [2.75, 3.05) is 48.4 Å². The van der Waals surface area contributed by atoms with Gasteiger partial charge in [0.05, 0.1) is 0 Å². The van der Waals surface area contributed by atoms with E-state index in [-0.39, 0.29) is 5.79 Å². The Morgan fingerprint density at radius 3 is 1.43 bits per heavy atom. The lowest BCUT2D eigenvalue weighted by Gasteiger charge is -2.50. The third-order valence-corrected chi connectivity index (χ3v) is 3.27. The molecule has 3 nitrogen and oxygen atoms in total. The van der Waals surface area contributed by atoms with E-state index in [9.17, 15) is 0 Å². The maximum atomic E-state index is 2.80. The van der Waals surface area contributed by atoms with Gasteiger partial charge in [0.1, 0.15) is 5.79 Å². The molecule has 0 aromatic rings. The highest BCUT2D eigenvalue weighted by Crippen LogP contribution is 2.24. The van der Waals surface area contributed by atoms with E-state index in [2.05, 4.69) is 66.2 Å². The first-order valence-electron chi connectivity index (χ1n) is 5.12. The van der Waals surface area contributed by atoms with Crippen LogP contribution in [0.5, 0.6) is 0 Å². The normalized spacial score (nSPS) is 13.3. The van der Waals surface area contributed by atoms with Gasteiger partial charge in [-0.15, -0.1) is 9.24 Å². The summed E-state index contributed by atoms with van der Waals surface area (Å²) in [5.74, 6) is 0.0383. The van der Waals surface area contributed by atoms with Crippen molar-refractivity contribution in [1.29, 1.82) is 0 Å². The molecule has 0 saturated carbocycles. The molecule has 0 aliphatic carbocycles. The number of hydrogen-bond donors (Lipinski definition) is 0. The molecule has 1 unspecified atom stereocenters. The molecule has 4 heteroatoms. The summed E-state index contributed by atoms with van der Waals surface area (Å²) in [5, 5.41) is 0. The number of hydrogen-bond acceptors (Lipinski definition) is 3. The van der Waals surface area contributed by atoms with Crippen LogP contribution >= 0.6 is 9.24 Å². The van der Waals surface area contributed by atoms with Gasteiger partial charge >= 0.3 is 0 Å². The predicted molar refractivity (Wildman–Crippen MR) is 67.6 cm³/mol. The summed E-state index contributed by atoms with van der Waals surface area (Å²) in [6.07, 6.45) is 3.54. The molecule has 0 aliphatic heterocycles. The molecule has 0 radical (unpaired) electrons. The molecular formula is C10H26N3P. The van der Waals surface area contributed by atoms with Crippen molar-refractivity contribution in [3.05, 3.63) is 0 Å². The zero-order chi connectivity index (χ0) is 11.4. The van der Waals surface area contributed by atoms with Crippen LogP contribution in [0.2, 0.25) is 0 Å². The van der Waals surface area contributed by atoms with E-state index in [0.29, 0.717) is 0 Å². The fourth-order valence-electron chi connectivity index (χ4n) is 2.21. The predicted octanol–water partition coefficient (Wildman–Crippen LogP) is 0.980. The minimum absolute atomic E-state index is 0.0383. The molecule has 86 valence electrons. The highest BCUT2D eigenvalue weighted by Gasteiger charge is 2.36. The molecule has 14 heavy (non-hydrogen) atoms. The Bertz CT molecular complexity index is 136. The summed E-state index contributed by atoms with van der Waals surface area (Å²) in [6, 6.07) is 0. The lowest BCUT2D eigenvalue weighted by atomic mass is 10.1. The summed E-state index contributed by atoms with van der Waals surface area (Å²) in [7, 11) is 15.6. The molecular weight excluding hydrogens is 193 g/mol. The molecule has 0 fully saturated rings. The zero-order valence-corrected chi connectivity index (χ0v) is 11.7. The van der Waals surface area contributed by atoms with Crippen LogP contribution in [-0.2, 0) is 0 Å². The van der Waals surface area contributed by atoms with E-state index in [1.165, 1.54) is 6.42 Å². The van der Waals surface area contributed by atoms with Gasteiger partial charge in [0.2, 0.25) is 0 Å². The molecule has 0 N–H and O–H groups in total. The molecule has 0 saturated heterocycles. The number of rotatable bonds is 6. The monoisotopic (exact) mass is 219 g/mol. The Kier molecular flexibility index (Phi) is 6.15. The van der Waals surface area contributed by atoms with Crippen LogP contribution in [0.15, 0.2) is 0 Å². The summed E-state index contributed by atoms with van der Waals surface area (Å²) in [5.41, 5.74) is 0. The van der Waals surface area contributed by atoms with Gasteiger partial charge in [-0.1, -0.05) is 0 Å². The first kappa shape index (κ1) is 14.3. The van der Waals surface area contributed by atoms with Crippen molar-refractivity contribution in [3.63, 3.8) is 0 Å². The minimum Gasteiger partial charge on any atom is -0.279 e. The highest BCUT2D eigenvalue weighted by atomic mass is 31.0. The van der Waals surface area contributed by atoms with Crippen LogP contribution < -0.4 is 0 Å². The van der Waals surface area contributed by atoms with Gasteiger partial charge in [0, 0.05) is 0 Å². The second-order valence-corrected chi connectivity index (χ2v) is 4.93. The average molecular weight is 219 g/mol. The molecule has 0 heterocycles. The van der Waals surface area contributed by atoms with Crippen molar-refractivity contribution >= 4 is 9.24 Å². The van der Waals surface area contributed by atoms with Crippen molar-refractivity contribution in [2.24, 2.45) is 0 Å². The lowest BCUT2D eigenvalue weighted by molar-refractivity contribution is -0.114. The molecule has 0 aromatic heterocycles. The molecule has 0 spiro atoms. The second-order valence-electron chi connectivity index (χ2n) is 4.35. The second kappa shape index (κ2) is 6.02. The Morgan fingerprint density at radius 1 is 0.857 bits per heavy atom. The summed E-state index contributed by atoms with van der Waals surface area (Å²) in [4.78, 5) is 6.86. The Labute approximate surface area is 91.6 Å². The van der Waals surface area contributed by atoms with Gasteiger partial charge in [-0.3, -0.25) is 14.7 Å². The topological polar surface area (TPSA) is 9.72 Å². The van der Waals surface area contributed by atoms with Crippen molar-refractivity contribution in [1.82, 2.24) is 14.7 Å². The first-order valence-corrected chi connectivity index (χ1v) is 5.93. The average Bonchev–Trinajstić information content (AvgIpc) is 2.03. The van der Waals surface area contributed by atoms with Gasteiger partial charge in [0.25, 0.3) is 0 Å². The smallest absolute Gasteiger partial charge is 0.129 e. The van der Waals surface area contributed by atoms with Crippen LogP contribution in [0.1, 0.15) is 12.8 Å². The fourth-order valence-corrected chi connectivity index (χ4v) is 2.41. The molecule has 1 atom stereocenters. The van der Waals surface area contributed by atoms with Crippen molar-refractivity contribution < 1.29 is 0 Å². The largest absolute Gasteiger partial charge is 0.279 e. The van der Waals surface area contributed by atoms with Gasteiger partial charge in [-0.05, 0) is 61.3 Å². The van der Waals surface area contributed by atoms with E-state index >= 15 is 0 Å². The van der Waals surface area contributed by atoms with E-state index in [0.717, 1.165) is 12.6 Å². The highest BCUT2D eigenvalue weighted by molar-refractivity contribution is 7.16. The van der Waals surface area contributed by atoms with Crippen LogP contribution in [0, 0.1) is 0 Å². The molecule has 0 rings (SSSR count). The van der Waals surface area contributed by atoms with Crippen LogP contribution in [0.3, 0.4) is 0 Å². The molecule has 0 aromatic carbocycles. The van der Waals surface area contributed by atoms with E-state index < -0.39 is 0 Å². The van der Waals surface area contributed by atoms with Crippen LogP contribution in [-0.4, -0.2) is 68.9 Å². The quantitative estimate of drug-likeness (QED) is 0.487. The molecule has 0 amide bonds. The van der Waals surface area contributed by atoms with Crippen molar-refractivity contribution in [2.45, 2.75) is 18.6 Å².